The maximum atomic E-state index is 10.9. The summed E-state index contributed by atoms with van der Waals surface area (Å²) >= 11 is 0. The highest BCUT2D eigenvalue weighted by Gasteiger charge is 2.09. The fraction of sp³-hybridized carbons (Fsp3) is 0.385. The van der Waals surface area contributed by atoms with E-state index in [9.17, 15) is 8.42 Å². The molecule has 0 aromatic carbocycles. The minimum atomic E-state index is -3.13. The van der Waals surface area contributed by atoms with Crippen molar-refractivity contribution in [2.75, 3.05) is 19.3 Å². The number of nitrogens with one attached hydrogen (secondary N) is 2. The second kappa shape index (κ2) is 6.79. The summed E-state index contributed by atoms with van der Waals surface area (Å²) in [4.78, 5) is 4.10. The minimum absolute atomic E-state index is 0.362. The van der Waals surface area contributed by atoms with Crippen molar-refractivity contribution in [1.82, 2.24) is 24.8 Å². The molecular formula is C13H19N5O2S. The summed E-state index contributed by atoms with van der Waals surface area (Å²) in [6.07, 6.45) is 6.59. The third-order valence-corrected chi connectivity index (χ3v) is 3.55. The van der Waals surface area contributed by atoms with Gasteiger partial charge in [-0.2, -0.15) is 5.10 Å². The maximum Gasteiger partial charge on any atom is 0.208 e. The van der Waals surface area contributed by atoms with Crippen LogP contribution in [-0.2, 0) is 23.6 Å². The Balaban J connectivity index is 1.95. The molecule has 0 bridgehead atoms. The summed E-state index contributed by atoms with van der Waals surface area (Å²) < 4.78 is 26.1. The van der Waals surface area contributed by atoms with Gasteiger partial charge in [0.05, 0.1) is 11.9 Å². The van der Waals surface area contributed by atoms with Gasteiger partial charge in [0.15, 0.2) is 0 Å². The zero-order valence-electron chi connectivity index (χ0n) is 12.1. The van der Waals surface area contributed by atoms with Crippen LogP contribution in [0.15, 0.2) is 30.7 Å². The number of sulfonamides is 1. The smallest absolute Gasteiger partial charge is 0.208 e. The summed E-state index contributed by atoms with van der Waals surface area (Å²) in [5.41, 5.74) is 2.89. The van der Waals surface area contributed by atoms with Gasteiger partial charge in [0.2, 0.25) is 10.0 Å². The number of aryl methyl sites for hydroxylation is 1. The van der Waals surface area contributed by atoms with Gasteiger partial charge < -0.3 is 5.32 Å². The van der Waals surface area contributed by atoms with Crippen LogP contribution < -0.4 is 10.0 Å². The van der Waals surface area contributed by atoms with Gasteiger partial charge in [-0.15, -0.1) is 0 Å². The molecule has 0 saturated heterocycles. The van der Waals surface area contributed by atoms with Gasteiger partial charge in [-0.1, -0.05) is 0 Å². The van der Waals surface area contributed by atoms with Gasteiger partial charge in [0.1, 0.15) is 0 Å². The summed E-state index contributed by atoms with van der Waals surface area (Å²) in [7, 11) is -1.26. The predicted molar refractivity (Wildman–Crippen MR) is 81.0 cm³/mol. The number of nitrogens with zero attached hydrogens (tertiary/aromatic N) is 3. The highest BCUT2D eigenvalue weighted by atomic mass is 32.2. The first kappa shape index (κ1) is 15.6. The van der Waals surface area contributed by atoms with Crippen molar-refractivity contribution in [3.8, 4) is 11.3 Å². The highest BCUT2D eigenvalue weighted by molar-refractivity contribution is 7.88. The van der Waals surface area contributed by atoms with Crippen molar-refractivity contribution in [3.05, 3.63) is 36.3 Å². The molecule has 0 fully saturated rings. The lowest BCUT2D eigenvalue weighted by atomic mass is 10.1. The molecular weight excluding hydrogens is 290 g/mol. The lowest BCUT2D eigenvalue weighted by molar-refractivity contribution is 0.582. The van der Waals surface area contributed by atoms with E-state index >= 15 is 0 Å². The fourth-order valence-corrected chi connectivity index (χ4v) is 2.43. The van der Waals surface area contributed by atoms with E-state index < -0.39 is 10.0 Å². The molecule has 0 spiro atoms. The predicted octanol–water partition coefficient (Wildman–Crippen LogP) is 0.121. The molecule has 0 unspecified atom stereocenters. The summed E-state index contributed by atoms with van der Waals surface area (Å²) in [5.74, 6) is 0. The van der Waals surface area contributed by atoms with Crippen molar-refractivity contribution in [2.24, 2.45) is 7.05 Å². The first-order valence-corrected chi connectivity index (χ1v) is 8.43. The number of pyridine rings is 1. The van der Waals surface area contributed by atoms with Crippen LogP contribution in [0.3, 0.4) is 0 Å². The molecule has 7 nitrogen and oxygen atoms in total. The third kappa shape index (κ3) is 4.92. The minimum Gasteiger partial charge on any atom is -0.311 e. The van der Waals surface area contributed by atoms with Crippen LogP contribution in [0, 0.1) is 0 Å². The van der Waals surface area contributed by atoms with Gasteiger partial charge in [0, 0.05) is 56.4 Å². The molecule has 0 radical (unpaired) electrons. The average molecular weight is 309 g/mol. The molecule has 2 heterocycles. The summed E-state index contributed by atoms with van der Waals surface area (Å²) in [5, 5.41) is 7.64. The Hall–Kier alpha value is -1.77. The molecule has 0 aliphatic rings. The number of aromatic nitrogens is 3. The normalized spacial score (nSPS) is 11.7. The van der Waals surface area contributed by atoms with E-state index in [1.165, 1.54) is 0 Å². The number of hydrogen-bond acceptors (Lipinski definition) is 5. The number of rotatable bonds is 7. The molecule has 0 amide bonds. The quantitative estimate of drug-likeness (QED) is 0.709. The standard InChI is InChI=1S/C13H19N5O2S/c1-18-10-12(9-15-6-7-16-21(2,19)20)13(17-18)11-4-3-5-14-8-11/h3-5,8,10,15-16H,6-7,9H2,1-2H3. The second-order valence-electron chi connectivity index (χ2n) is 4.76. The summed E-state index contributed by atoms with van der Waals surface area (Å²) in [6.45, 7) is 1.53. The van der Waals surface area contributed by atoms with Gasteiger partial charge >= 0.3 is 0 Å². The van der Waals surface area contributed by atoms with Crippen LogP contribution in [0.1, 0.15) is 5.56 Å². The Morgan fingerprint density at radius 1 is 1.33 bits per heavy atom. The molecule has 2 aromatic rings. The molecule has 2 aromatic heterocycles. The van der Waals surface area contributed by atoms with Crippen molar-refractivity contribution in [2.45, 2.75) is 6.54 Å². The lowest BCUT2D eigenvalue weighted by Crippen LogP contribution is -2.30. The van der Waals surface area contributed by atoms with Gasteiger partial charge in [-0.25, -0.2) is 13.1 Å². The SMILES string of the molecule is Cn1cc(CNCCNS(C)(=O)=O)c(-c2cccnc2)n1. The second-order valence-corrected chi connectivity index (χ2v) is 6.59. The molecule has 21 heavy (non-hydrogen) atoms. The maximum absolute atomic E-state index is 10.9. The zero-order chi connectivity index (χ0) is 15.3. The van der Waals surface area contributed by atoms with E-state index in [0.717, 1.165) is 23.1 Å². The van der Waals surface area contributed by atoms with E-state index in [1.807, 2.05) is 25.4 Å². The first-order chi connectivity index (χ1) is 9.96. The van der Waals surface area contributed by atoms with Crippen LogP contribution in [0.25, 0.3) is 11.3 Å². The molecule has 2 rings (SSSR count). The van der Waals surface area contributed by atoms with E-state index in [2.05, 4.69) is 20.1 Å². The Kier molecular flexibility index (Phi) is 5.05. The zero-order valence-corrected chi connectivity index (χ0v) is 12.9. The lowest BCUT2D eigenvalue weighted by Gasteiger charge is -2.05. The fourth-order valence-electron chi connectivity index (χ4n) is 1.96. The first-order valence-electron chi connectivity index (χ1n) is 6.54. The highest BCUT2D eigenvalue weighted by Crippen LogP contribution is 2.20. The molecule has 0 aliphatic heterocycles. The van der Waals surface area contributed by atoms with Gasteiger partial charge in [-0.05, 0) is 12.1 Å². The van der Waals surface area contributed by atoms with E-state index in [1.54, 1.807) is 17.1 Å². The van der Waals surface area contributed by atoms with E-state index in [0.29, 0.717) is 19.6 Å². The van der Waals surface area contributed by atoms with Crippen LogP contribution in [0.5, 0.6) is 0 Å². The third-order valence-electron chi connectivity index (χ3n) is 2.82. The molecule has 2 N–H and O–H groups in total. The Morgan fingerprint density at radius 2 is 2.14 bits per heavy atom. The van der Waals surface area contributed by atoms with E-state index in [4.69, 9.17) is 0 Å². The molecule has 0 atom stereocenters. The average Bonchev–Trinajstić information content (AvgIpc) is 2.79. The monoisotopic (exact) mass is 309 g/mol. The Bertz CT molecular complexity index is 682. The number of hydrogen-bond donors (Lipinski definition) is 2. The largest absolute Gasteiger partial charge is 0.311 e. The topological polar surface area (TPSA) is 88.9 Å². The molecule has 8 heteroatoms. The van der Waals surface area contributed by atoms with Crippen LogP contribution >= 0.6 is 0 Å². The summed E-state index contributed by atoms with van der Waals surface area (Å²) in [6, 6.07) is 3.83. The van der Waals surface area contributed by atoms with Crippen molar-refractivity contribution in [1.29, 1.82) is 0 Å². The van der Waals surface area contributed by atoms with Crippen molar-refractivity contribution in [3.63, 3.8) is 0 Å². The van der Waals surface area contributed by atoms with Crippen LogP contribution in [0.2, 0.25) is 0 Å². The van der Waals surface area contributed by atoms with Gasteiger partial charge in [0.25, 0.3) is 0 Å². The molecule has 0 aliphatic carbocycles. The van der Waals surface area contributed by atoms with Crippen LogP contribution in [-0.4, -0.2) is 42.5 Å². The Morgan fingerprint density at radius 3 is 2.81 bits per heavy atom. The Labute approximate surface area is 124 Å². The van der Waals surface area contributed by atoms with Gasteiger partial charge in [-0.3, -0.25) is 9.67 Å². The van der Waals surface area contributed by atoms with E-state index in [-0.39, 0.29) is 0 Å². The van der Waals surface area contributed by atoms with Crippen molar-refractivity contribution >= 4 is 10.0 Å². The van der Waals surface area contributed by atoms with Crippen molar-refractivity contribution < 1.29 is 8.42 Å². The van der Waals surface area contributed by atoms with Crippen LogP contribution in [0.4, 0.5) is 0 Å². The molecule has 0 saturated carbocycles. The molecule has 114 valence electrons.